The van der Waals surface area contributed by atoms with E-state index in [9.17, 15) is 22.8 Å². The zero-order chi connectivity index (χ0) is 22.9. The van der Waals surface area contributed by atoms with Gasteiger partial charge in [0.2, 0.25) is 0 Å². The van der Waals surface area contributed by atoms with Gasteiger partial charge in [-0.1, -0.05) is 73.7 Å². The first-order valence-electron chi connectivity index (χ1n) is 10.4. The van der Waals surface area contributed by atoms with E-state index in [1.807, 2.05) is 6.07 Å². The molecule has 164 valence electrons. The van der Waals surface area contributed by atoms with E-state index in [1.54, 1.807) is 61.5 Å². The Bertz CT molecular complexity index is 1140. The van der Waals surface area contributed by atoms with Crippen molar-refractivity contribution in [1.29, 1.82) is 0 Å². The zero-order valence-corrected chi connectivity index (χ0v) is 17.4. The number of alkyl halides is 3. The largest absolute Gasteiger partial charge is 0.416 e. The molecule has 0 aliphatic carbocycles. The standard InChI is InChI=1S/C26H22F3NO2/c1-2-24(32)25(18-11-7-4-8-12-18)21(16-23(31)17-9-5-3-6-10-17)20-14-13-19(26(27,28)29)15-22(20)30-25/h3-15,21,30H,2,16H2,1H3/t21-,25-/m1/s1. The average molecular weight is 437 g/mol. The Kier molecular flexibility index (Phi) is 5.63. The number of carbonyl (C=O) groups is 2. The number of hydrogen-bond acceptors (Lipinski definition) is 3. The lowest BCUT2D eigenvalue weighted by atomic mass is 9.71. The van der Waals surface area contributed by atoms with Gasteiger partial charge in [0.05, 0.1) is 5.56 Å². The molecule has 3 aromatic carbocycles. The van der Waals surface area contributed by atoms with Crippen LogP contribution < -0.4 is 5.32 Å². The number of carbonyl (C=O) groups excluding carboxylic acids is 2. The summed E-state index contributed by atoms with van der Waals surface area (Å²) in [5.74, 6) is -1.00. The van der Waals surface area contributed by atoms with E-state index in [0.717, 1.165) is 12.1 Å². The molecule has 0 unspecified atom stereocenters. The van der Waals surface area contributed by atoms with Crippen LogP contribution in [0.3, 0.4) is 0 Å². The average Bonchev–Trinajstić information content (AvgIpc) is 3.13. The highest BCUT2D eigenvalue weighted by atomic mass is 19.4. The van der Waals surface area contributed by atoms with Crippen LogP contribution in [-0.2, 0) is 16.5 Å². The van der Waals surface area contributed by atoms with E-state index in [-0.39, 0.29) is 30.1 Å². The van der Waals surface area contributed by atoms with Crippen LogP contribution >= 0.6 is 0 Å². The highest BCUT2D eigenvalue weighted by molar-refractivity contribution is 6.01. The zero-order valence-electron chi connectivity index (χ0n) is 17.4. The summed E-state index contributed by atoms with van der Waals surface area (Å²) in [6, 6.07) is 21.1. The molecule has 0 bridgehead atoms. The quantitative estimate of drug-likeness (QED) is 0.456. The molecule has 4 rings (SSSR count). The Morgan fingerprint density at radius 3 is 2.16 bits per heavy atom. The monoisotopic (exact) mass is 437 g/mol. The Morgan fingerprint density at radius 1 is 0.938 bits per heavy atom. The van der Waals surface area contributed by atoms with Crippen LogP contribution in [0.15, 0.2) is 78.9 Å². The molecule has 1 aliphatic heterocycles. The summed E-state index contributed by atoms with van der Waals surface area (Å²) in [6.45, 7) is 1.72. The molecule has 32 heavy (non-hydrogen) atoms. The summed E-state index contributed by atoms with van der Waals surface area (Å²) >= 11 is 0. The summed E-state index contributed by atoms with van der Waals surface area (Å²) in [4.78, 5) is 26.6. The number of Topliss-reactive ketones (excluding diaryl/α,β-unsaturated/α-hetero) is 2. The molecule has 6 heteroatoms. The van der Waals surface area contributed by atoms with Crippen LogP contribution in [0.1, 0.15) is 52.7 Å². The molecule has 0 saturated heterocycles. The number of nitrogens with one attached hydrogen (secondary N) is 1. The van der Waals surface area contributed by atoms with E-state index in [1.165, 1.54) is 6.07 Å². The molecule has 3 aromatic rings. The van der Waals surface area contributed by atoms with E-state index in [2.05, 4.69) is 5.32 Å². The lowest BCUT2D eigenvalue weighted by Crippen LogP contribution is -2.45. The third-order valence-electron chi connectivity index (χ3n) is 6.09. The predicted molar refractivity (Wildman–Crippen MR) is 117 cm³/mol. The minimum absolute atomic E-state index is 0.0178. The summed E-state index contributed by atoms with van der Waals surface area (Å²) < 4.78 is 40.1. The molecule has 1 aliphatic rings. The third kappa shape index (κ3) is 3.70. The van der Waals surface area contributed by atoms with Crippen LogP contribution in [0.25, 0.3) is 0 Å². The predicted octanol–water partition coefficient (Wildman–Crippen LogP) is 6.36. The fraction of sp³-hybridized carbons (Fsp3) is 0.231. The molecule has 0 fully saturated rings. The minimum atomic E-state index is -4.52. The topological polar surface area (TPSA) is 46.2 Å². The summed E-state index contributed by atoms with van der Waals surface area (Å²) in [7, 11) is 0. The van der Waals surface area contributed by atoms with Gasteiger partial charge in [-0.05, 0) is 23.3 Å². The van der Waals surface area contributed by atoms with Crippen LogP contribution in [0.2, 0.25) is 0 Å². The van der Waals surface area contributed by atoms with Crippen molar-refractivity contribution < 1.29 is 22.8 Å². The molecule has 1 heterocycles. The number of anilines is 1. The minimum Gasteiger partial charge on any atom is -0.368 e. The summed E-state index contributed by atoms with van der Waals surface area (Å²) in [5.41, 5.74) is -0.234. The highest BCUT2D eigenvalue weighted by Crippen LogP contribution is 2.52. The Balaban J connectivity index is 1.88. The Hall–Kier alpha value is -3.41. The summed E-state index contributed by atoms with van der Waals surface area (Å²) in [5, 5.41) is 3.13. The van der Waals surface area contributed by atoms with Gasteiger partial charge in [0.15, 0.2) is 11.6 Å². The molecule has 1 N–H and O–H groups in total. The second-order valence-corrected chi connectivity index (χ2v) is 7.92. The molecule has 3 nitrogen and oxygen atoms in total. The van der Waals surface area contributed by atoms with Crippen LogP contribution in [0.5, 0.6) is 0 Å². The first kappa shape index (κ1) is 21.8. The molecule has 2 atom stereocenters. The SMILES string of the molecule is CCC(=O)[C@]1(c2ccccc2)Nc2cc(C(F)(F)F)ccc2[C@H]1CC(=O)c1ccccc1. The van der Waals surface area contributed by atoms with Gasteiger partial charge >= 0.3 is 6.18 Å². The normalized spacial score (nSPS) is 19.8. The van der Waals surface area contributed by atoms with E-state index >= 15 is 0 Å². The van der Waals surface area contributed by atoms with E-state index in [0.29, 0.717) is 16.7 Å². The lowest BCUT2D eigenvalue weighted by molar-refractivity contribution is -0.137. The van der Waals surface area contributed by atoms with Gasteiger partial charge in [0.1, 0.15) is 5.54 Å². The van der Waals surface area contributed by atoms with Gasteiger partial charge < -0.3 is 5.32 Å². The lowest BCUT2D eigenvalue weighted by Gasteiger charge is -2.35. The number of hydrogen-bond donors (Lipinski definition) is 1. The van der Waals surface area contributed by atoms with Crippen molar-refractivity contribution in [3.8, 4) is 0 Å². The van der Waals surface area contributed by atoms with Crippen LogP contribution in [-0.4, -0.2) is 11.6 Å². The van der Waals surface area contributed by atoms with E-state index < -0.39 is 23.2 Å². The van der Waals surface area contributed by atoms with Crippen LogP contribution in [0, 0.1) is 0 Å². The van der Waals surface area contributed by atoms with Gasteiger partial charge in [0.25, 0.3) is 0 Å². The van der Waals surface area contributed by atoms with Crippen molar-refractivity contribution in [2.45, 2.75) is 37.4 Å². The number of benzene rings is 3. The van der Waals surface area contributed by atoms with Crippen molar-refractivity contribution in [3.05, 3.63) is 101 Å². The molecule has 0 amide bonds. The number of ketones is 2. The fourth-order valence-electron chi connectivity index (χ4n) is 4.55. The Labute approximate surface area is 184 Å². The Morgan fingerprint density at radius 2 is 1.56 bits per heavy atom. The smallest absolute Gasteiger partial charge is 0.368 e. The first-order chi connectivity index (χ1) is 15.3. The van der Waals surface area contributed by atoms with Gasteiger partial charge in [-0.2, -0.15) is 13.2 Å². The van der Waals surface area contributed by atoms with Gasteiger partial charge in [0, 0.05) is 30.0 Å². The summed E-state index contributed by atoms with van der Waals surface area (Å²) in [6.07, 6.45) is -4.37. The number of rotatable bonds is 6. The number of fused-ring (bicyclic) bond motifs is 1. The maximum Gasteiger partial charge on any atom is 0.416 e. The number of halogens is 3. The van der Waals surface area contributed by atoms with Crippen molar-refractivity contribution in [1.82, 2.24) is 0 Å². The molecule has 0 aromatic heterocycles. The molecule has 0 spiro atoms. The molecular weight excluding hydrogens is 415 g/mol. The van der Waals surface area contributed by atoms with Crippen molar-refractivity contribution in [2.24, 2.45) is 0 Å². The van der Waals surface area contributed by atoms with E-state index in [4.69, 9.17) is 0 Å². The van der Waals surface area contributed by atoms with Gasteiger partial charge in [-0.15, -0.1) is 0 Å². The van der Waals surface area contributed by atoms with Gasteiger partial charge in [-0.25, -0.2) is 0 Å². The third-order valence-corrected chi connectivity index (χ3v) is 6.09. The fourth-order valence-corrected chi connectivity index (χ4v) is 4.55. The second-order valence-electron chi connectivity index (χ2n) is 7.92. The van der Waals surface area contributed by atoms with Crippen LogP contribution in [0.4, 0.5) is 18.9 Å². The van der Waals surface area contributed by atoms with Crippen molar-refractivity contribution in [3.63, 3.8) is 0 Å². The van der Waals surface area contributed by atoms with Crippen molar-refractivity contribution >= 4 is 17.3 Å². The highest BCUT2D eigenvalue weighted by Gasteiger charge is 2.52. The molecule has 0 saturated carbocycles. The molecular formula is C26H22F3NO2. The maximum atomic E-state index is 13.4. The van der Waals surface area contributed by atoms with Gasteiger partial charge in [-0.3, -0.25) is 9.59 Å². The maximum absolute atomic E-state index is 13.4. The first-order valence-corrected chi connectivity index (χ1v) is 10.4. The van der Waals surface area contributed by atoms with Crippen molar-refractivity contribution in [2.75, 3.05) is 5.32 Å². The molecule has 0 radical (unpaired) electrons. The second kappa shape index (κ2) is 8.26.